The number of hydrogen-bond donors (Lipinski definition) is 1. The first-order valence-electron chi connectivity index (χ1n) is 6.82. The monoisotopic (exact) mass is 344 g/mol. The Balaban J connectivity index is 2.21. The average Bonchev–Trinajstić information content (AvgIpc) is 2.87. The number of nitriles is 1. The molecule has 0 aliphatic carbocycles. The predicted octanol–water partition coefficient (Wildman–Crippen LogP) is 3.55. The number of ether oxygens (including phenoxy) is 1. The van der Waals surface area contributed by atoms with Gasteiger partial charge in [0.2, 0.25) is 5.88 Å². The molecule has 1 aromatic heterocycles. The van der Waals surface area contributed by atoms with Gasteiger partial charge in [-0.3, -0.25) is 10.1 Å². The zero-order valence-corrected chi connectivity index (χ0v) is 13.7. The zero-order chi connectivity index (χ0) is 17.7. The molecule has 0 aliphatic rings. The molecule has 0 saturated carbocycles. The Morgan fingerprint density at radius 3 is 2.79 bits per heavy atom. The van der Waals surface area contributed by atoms with E-state index in [4.69, 9.17) is 16.0 Å². The van der Waals surface area contributed by atoms with Gasteiger partial charge < -0.3 is 9.15 Å². The molecule has 0 atom stereocenters. The fourth-order valence-corrected chi connectivity index (χ4v) is 2.22. The number of furan rings is 1. The minimum atomic E-state index is -0.706. The van der Waals surface area contributed by atoms with Crippen molar-refractivity contribution in [3.8, 4) is 6.07 Å². The van der Waals surface area contributed by atoms with Gasteiger partial charge in [-0.15, -0.1) is 0 Å². The second-order valence-corrected chi connectivity index (χ2v) is 5.15. The summed E-state index contributed by atoms with van der Waals surface area (Å²) in [7, 11) is 1.20. The number of anilines is 1. The molecule has 0 saturated heterocycles. The minimum absolute atomic E-state index is 0.00544. The molecule has 0 radical (unpaired) electrons. The summed E-state index contributed by atoms with van der Waals surface area (Å²) in [5.74, 6) is -1.14. The third-order valence-electron chi connectivity index (χ3n) is 3.10. The normalized spacial score (nSPS) is 10.4. The molecule has 1 heterocycles. The Hall–Kier alpha value is -3.04. The van der Waals surface area contributed by atoms with Crippen molar-refractivity contribution in [2.45, 2.75) is 6.92 Å². The van der Waals surface area contributed by atoms with Gasteiger partial charge in [0.05, 0.1) is 7.11 Å². The molecule has 1 amide bonds. The number of nitrogens with one attached hydrogen (secondary N) is 1. The number of carbonyl (C=O) groups excluding carboxylic acids is 2. The maximum absolute atomic E-state index is 12.0. The summed E-state index contributed by atoms with van der Waals surface area (Å²) >= 11 is 5.86. The second-order valence-electron chi connectivity index (χ2n) is 4.72. The number of hydrogen-bond acceptors (Lipinski definition) is 5. The predicted molar refractivity (Wildman–Crippen MR) is 88.6 cm³/mol. The van der Waals surface area contributed by atoms with Crippen LogP contribution in [0.15, 0.2) is 34.8 Å². The molecule has 1 N–H and O–H groups in total. The quantitative estimate of drug-likeness (QED) is 0.676. The molecular weight excluding hydrogens is 332 g/mol. The molecule has 0 fully saturated rings. The first kappa shape index (κ1) is 17.3. The van der Waals surface area contributed by atoms with E-state index in [-0.39, 0.29) is 22.8 Å². The van der Waals surface area contributed by atoms with Crippen molar-refractivity contribution >= 4 is 35.4 Å². The Morgan fingerprint density at radius 1 is 1.42 bits per heavy atom. The molecule has 0 aliphatic heterocycles. The Morgan fingerprint density at radius 2 is 2.17 bits per heavy atom. The van der Waals surface area contributed by atoms with E-state index in [9.17, 15) is 14.9 Å². The average molecular weight is 345 g/mol. The SMILES string of the molecule is COC(=O)c1c(C)oc(NC(=O)/C=C/c2cccc(Cl)c2)c1C#N. The van der Waals surface area contributed by atoms with Crippen LogP contribution < -0.4 is 5.32 Å². The lowest BCUT2D eigenvalue weighted by Crippen LogP contribution is -2.09. The van der Waals surface area contributed by atoms with Crippen molar-refractivity contribution in [1.82, 2.24) is 0 Å². The summed E-state index contributed by atoms with van der Waals surface area (Å²) < 4.78 is 9.90. The topological polar surface area (TPSA) is 92.3 Å². The first-order chi connectivity index (χ1) is 11.5. The van der Waals surface area contributed by atoms with Crippen molar-refractivity contribution in [1.29, 1.82) is 5.26 Å². The van der Waals surface area contributed by atoms with Crippen molar-refractivity contribution in [2.24, 2.45) is 0 Å². The van der Waals surface area contributed by atoms with Crippen LogP contribution in [0.5, 0.6) is 0 Å². The molecule has 122 valence electrons. The molecule has 2 rings (SSSR count). The standard InChI is InChI=1S/C17H13ClN2O4/c1-10-15(17(22)23-2)13(9-19)16(24-10)20-14(21)7-6-11-4-3-5-12(18)8-11/h3-8H,1-2H3,(H,20,21)/b7-6+. The van der Waals surface area contributed by atoms with E-state index in [2.05, 4.69) is 10.1 Å². The van der Waals surface area contributed by atoms with E-state index < -0.39 is 11.9 Å². The third-order valence-corrected chi connectivity index (χ3v) is 3.33. The van der Waals surface area contributed by atoms with Crippen LogP contribution >= 0.6 is 11.6 Å². The van der Waals surface area contributed by atoms with Crippen LogP contribution in [0.2, 0.25) is 5.02 Å². The van der Waals surface area contributed by atoms with E-state index in [0.717, 1.165) is 5.56 Å². The zero-order valence-electron chi connectivity index (χ0n) is 12.9. The van der Waals surface area contributed by atoms with E-state index in [1.807, 2.05) is 6.07 Å². The lowest BCUT2D eigenvalue weighted by Gasteiger charge is -1.99. The van der Waals surface area contributed by atoms with Gasteiger partial charge in [-0.05, 0) is 30.7 Å². The van der Waals surface area contributed by atoms with E-state index in [1.54, 1.807) is 30.3 Å². The summed E-state index contributed by atoms with van der Waals surface area (Å²) in [6.07, 6.45) is 2.83. The van der Waals surface area contributed by atoms with Gasteiger partial charge in [0.25, 0.3) is 5.91 Å². The number of methoxy groups -OCH3 is 1. The maximum atomic E-state index is 12.0. The number of rotatable bonds is 4. The molecule has 24 heavy (non-hydrogen) atoms. The van der Waals surface area contributed by atoms with Gasteiger partial charge >= 0.3 is 5.97 Å². The van der Waals surface area contributed by atoms with Crippen LogP contribution in [0.1, 0.15) is 27.2 Å². The van der Waals surface area contributed by atoms with Crippen LogP contribution in [0.4, 0.5) is 5.88 Å². The highest BCUT2D eigenvalue weighted by atomic mass is 35.5. The fraction of sp³-hybridized carbons (Fsp3) is 0.118. The van der Waals surface area contributed by atoms with Gasteiger partial charge in [0, 0.05) is 11.1 Å². The molecular formula is C17H13ClN2O4. The minimum Gasteiger partial charge on any atom is -0.465 e. The van der Waals surface area contributed by atoms with Crippen LogP contribution in [0.3, 0.4) is 0 Å². The summed E-state index contributed by atoms with van der Waals surface area (Å²) in [5.41, 5.74) is 0.655. The number of amides is 1. The van der Waals surface area contributed by atoms with Gasteiger partial charge in [0.1, 0.15) is 23.0 Å². The fourth-order valence-electron chi connectivity index (χ4n) is 2.02. The van der Waals surface area contributed by atoms with Gasteiger partial charge in [-0.1, -0.05) is 23.7 Å². The van der Waals surface area contributed by atoms with Crippen molar-refractivity contribution in [2.75, 3.05) is 12.4 Å². The van der Waals surface area contributed by atoms with E-state index >= 15 is 0 Å². The molecule has 2 aromatic rings. The first-order valence-corrected chi connectivity index (χ1v) is 7.20. The number of esters is 1. The second kappa shape index (κ2) is 7.49. The highest BCUT2D eigenvalue weighted by Crippen LogP contribution is 2.27. The Labute approximate surface area is 143 Å². The highest BCUT2D eigenvalue weighted by molar-refractivity contribution is 6.30. The highest BCUT2D eigenvalue weighted by Gasteiger charge is 2.24. The number of nitrogens with zero attached hydrogens (tertiary/aromatic N) is 1. The largest absolute Gasteiger partial charge is 0.465 e. The van der Waals surface area contributed by atoms with Crippen LogP contribution in [0.25, 0.3) is 6.08 Å². The van der Waals surface area contributed by atoms with E-state index in [1.165, 1.54) is 20.1 Å². The molecule has 0 bridgehead atoms. The smallest absolute Gasteiger partial charge is 0.342 e. The van der Waals surface area contributed by atoms with Crippen molar-refractivity contribution in [3.05, 3.63) is 57.8 Å². The summed E-state index contributed by atoms with van der Waals surface area (Å²) in [5, 5.41) is 12.2. The Bertz CT molecular complexity index is 862. The third kappa shape index (κ3) is 3.83. The number of aryl methyl sites for hydroxylation is 1. The van der Waals surface area contributed by atoms with Gasteiger partial charge in [-0.2, -0.15) is 5.26 Å². The van der Waals surface area contributed by atoms with Gasteiger partial charge in [0.15, 0.2) is 0 Å². The molecule has 0 spiro atoms. The van der Waals surface area contributed by atoms with Crippen LogP contribution in [-0.4, -0.2) is 19.0 Å². The summed E-state index contributed by atoms with van der Waals surface area (Å²) in [4.78, 5) is 23.7. The van der Waals surface area contributed by atoms with Crippen molar-refractivity contribution in [3.63, 3.8) is 0 Å². The summed E-state index contributed by atoms with van der Waals surface area (Å²) in [6.45, 7) is 1.50. The molecule has 0 unspecified atom stereocenters. The van der Waals surface area contributed by atoms with Crippen molar-refractivity contribution < 1.29 is 18.7 Å². The lowest BCUT2D eigenvalue weighted by molar-refractivity contribution is -0.111. The van der Waals surface area contributed by atoms with Crippen LogP contribution in [0, 0.1) is 18.3 Å². The summed E-state index contributed by atoms with van der Waals surface area (Å²) in [6, 6.07) is 8.79. The number of carbonyl (C=O) groups is 2. The maximum Gasteiger partial charge on any atom is 0.342 e. The lowest BCUT2D eigenvalue weighted by atomic mass is 10.1. The molecule has 6 nitrogen and oxygen atoms in total. The molecule has 7 heteroatoms. The molecule has 1 aromatic carbocycles. The number of benzene rings is 1. The van der Waals surface area contributed by atoms with E-state index in [0.29, 0.717) is 5.02 Å². The Kier molecular flexibility index (Phi) is 5.40. The number of halogens is 1. The van der Waals surface area contributed by atoms with Gasteiger partial charge in [-0.25, -0.2) is 4.79 Å². The van der Waals surface area contributed by atoms with Crippen LogP contribution in [-0.2, 0) is 9.53 Å².